The fourth-order valence-electron chi connectivity index (χ4n) is 3.36. The second-order valence-electron chi connectivity index (χ2n) is 6.44. The predicted octanol–water partition coefficient (Wildman–Crippen LogP) is 2.39. The maximum atomic E-state index is 12.7. The number of benzene rings is 1. The summed E-state index contributed by atoms with van der Waals surface area (Å²) in [7, 11) is 0. The molecule has 0 saturated carbocycles. The number of thiophene rings is 1. The van der Waals surface area contributed by atoms with E-state index in [0.717, 1.165) is 33.3 Å². The average Bonchev–Trinajstić information content (AvgIpc) is 3.34. The zero-order chi connectivity index (χ0) is 18.1. The monoisotopic (exact) mass is 368 g/mol. The van der Waals surface area contributed by atoms with E-state index in [2.05, 4.69) is 10.3 Å². The number of hydrogen-bond acceptors (Lipinski definition) is 4. The highest BCUT2D eigenvalue weighted by Crippen LogP contribution is 2.23. The standard InChI is InChI=1S/C19H20N4O2S/c20-6-5-13-10-21-16-4-3-12(8-15(13)16)11-23-18(24)17(22-19(23)25)9-14-2-1-7-26-14/h1-4,7-8,10,17,21H,5-6,9,11,20H2,(H,22,25). The number of aromatic nitrogens is 1. The van der Waals surface area contributed by atoms with Crippen LogP contribution in [0.25, 0.3) is 10.9 Å². The second kappa shape index (κ2) is 6.93. The predicted molar refractivity (Wildman–Crippen MR) is 102 cm³/mol. The van der Waals surface area contributed by atoms with Crippen molar-refractivity contribution in [3.05, 3.63) is 57.9 Å². The zero-order valence-electron chi connectivity index (χ0n) is 14.2. The highest BCUT2D eigenvalue weighted by atomic mass is 32.1. The van der Waals surface area contributed by atoms with Crippen molar-refractivity contribution in [2.45, 2.75) is 25.4 Å². The Hall–Kier alpha value is -2.64. The van der Waals surface area contributed by atoms with Gasteiger partial charge in [0, 0.05) is 28.4 Å². The smallest absolute Gasteiger partial charge is 0.325 e. The lowest BCUT2D eigenvalue weighted by atomic mass is 10.1. The Bertz CT molecular complexity index is 948. The Morgan fingerprint density at radius 3 is 2.88 bits per heavy atom. The van der Waals surface area contributed by atoms with Gasteiger partial charge >= 0.3 is 6.03 Å². The molecular weight excluding hydrogens is 348 g/mol. The van der Waals surface area contributed by atoms with Crippen LogP contribution in [0.15, 0.2) is 41.9 Å². The van der Waals surface area contributed by atoms with Crippen LogP contribution in [0.1, 0.15) is 16.0 Å². The zero-order valence-corrected chi connectivity index (χ0v) is 15.0. The molecule has 1 saturated heterocycles. The average molecular weight is 368 g/mol. The first-order chi connectivity index (χ1) is 12.7. The number of imide groups is 1. The number of urea groups is 1. The maximum Gasteiger partial charge on any atom is 0.325 e. The van der Waals surface area contributed by atoms with E-state index in [1.54, 1.807) is 11.3 Å². The van der Waals surface area contributed by atoms with Crippen LogP contribution in [0, 0.1) is 0 Å². The van der Waals surface area contributed by atoms with Crippen LogP contribution in [0.3, 0.4) is 0 Å². The summed E-state index contributed by atoms with van der Waals surface area (Å²) in [5, 5.41) is 5.86. The third-order valence-electron chi connectivity index (χ3n) is 4.68. The molecule has 4 rings (SSSR count). The van der Waals surface area contributed by atoms with Crippen molar-refractivity contribution in [2.75, 3.05) is 6.54 Å². The van der Waals surface area contributed by atoms with E-state index in [1.807, 2.05) is 41.9 Å². The molecule has 3 aromatic rings. The molecule has 134 valence electrons. The number of nitrogens with one attached hydrogen (secondary N) is 2. The molecule has 0 radical (unpaired) electrons. The summed E-state index contributed by atoms with van der Waals surface area (Å²) in [4.78, 5) is 30.6. The van der Waals surface area contributed by atoms with Gasteiger partial charge in [-0.05, 0) is 47.7 Å². The van der Waals surface area contributed by atoms with Crippen LogP contribution in [0.2, 0.25) is 0 Å². The number of nitrogens with zero attached hydrogens (tertiary/aromatic N) is 1. The fraction of sp³-hybridized carbons (Fsp3) is 0.263. The summed E-state index contributed by atoms with van der Waals surface area (Å²) in [5.41, 5.74) is 8.78. The number of amides is 3. The van der Waals surface area contributed by atoms with Gasteiger partial charge in [-0.2, -0.15) is 0 Å². The molecule has 1 fully saturated rings. The van der Waals surface area contributed by atoms with E-state index in [9.17, 15) is 9.59 Å². The lowest BCUT2D eigenvalue weighted by Gasteiger charge is -2.13. The molecule has 0 aliphatic carbocycles. The summed E-state index contributed by atoms with van der Waals surface area (Å²) >= 11 is 1.59. The molecule has 0 bridgehead atoms. The van der Waals surface area contributed by atoms with Crippen molar-refractivity contribution in [1.82, 2.24) is 15.2 Å². The van der Waals surface area contributed by atoms with E-state index in [4.69, 9.17) is 5.73 Å². The molecule has 1 aliphatic rings. The largest absolute Gasteiger partial charge is 0.361 e. The van der Waals surface area contributed by atoms with E-state index in [-0.39, 0.29) is 18.5 Å². The number of rotatable bonds is 6. The van der Waals surface area contributed by atoms with Gasteiger partial charge in [-0.3, -0.25) is 9.69 Å². The quantitative estimate of drug-likeness (QED) is 0.584. The maximum absolute atomic E-state index is 12.7. The topological polar surface area (TPSA) is 91.2 Å². The van der Waals surface area contributed by atoms with Crippen molar-refractivity contribution in [1.29, 1.82) is 0 Å². The van der Waals surface area contributed by atoms with Gasteiger partial charge in [0.25, 0.3) is 5.91 Å². The Morgan fingerprint density at radius 2 is 2.12 bits per heavy atom. The van der Waals surface area contributed by atoms with Crippen molar-refractivity contribution in [2.24, 2.45) is 5.73 Å². The lowest BCUT2D eigenvalue weighted by molar-refractivity contribution is -0.127. The van der Waals surface area contributed by atoms with Gasteiger partial charge < -0.3 is 16.0 Å². The Morgan fingerprint density at radius 1 is 1.23 bits per heavy atom. The van der Waals surface area contributed by atoms with Gasteiger partial charge in [-0.25, -0.2) is 4.79 Å². The van der Waals surface area contributed by atoms with Crippen LogP contribution >= 0.6 is 11.3 Å². The molecule has 1 aromatic carbocycles. The van der Waals surface area contributed by atoms with Gasteiger partial charge in [0.2, 0.25) is 0 Å². The third-order valence-corrected chi connectivity index (χ3v) is 5.58. The van der Waals surface area contributed by atoms with Crippen molar-refractivity contribution >= 4 is 34.2 Å². The number of carbonyl (C=O) groups is 2. The molecule has 6 nitrogen and oxygen atoms in total. The summed E-state index contributed by atoms with van der Waals surface area (Å²) in [6.45, 7) is 0.851. The number of aromatic amines is 1. The summed E-state index contributed by atoms with van der Waals surface area (Å²) in [5.74, 6) is -0.167. The molecule has 3 amide bonds. The third kappa shape index (κ3) is 3.11. The molecule has 0 spiro atoms. The fourth-order valence-corrected chi connectivity index (χ4v) is 4.12. The molecule has 7 heteroatoms. The van der Waals surface area contributed by atoms with E-state index in [0.29, 0.717) is 13.0 Å². The van der Waals surface area contributed by atoms with Gasteiger partial charge in [-0.15, -0.1) is 11.3 Å². The summed E-state index contributed by atoms with van der Waals surface area (Å²) < 4.78 is 0. The highest BCUT2D eigenvalue weighted by molar-refractivity contribution is 7.09. The van der Waals surface area contributed by atoms with Crippen LogP contribution < -0.4 is 11.1 Å². The lowest BCUT2D eigenvalue weighted by Crippen LogP contribution is -2.32. The minimum absolute atomic E-state index is 0.167. The molecule has 1 aliphatic heterocycles. The Kier molecular flexibility index (Phi) is 4.48. The van der Waals surface area contributed by atoms with Gasteiger partial charge in [0.05, 0.1) is 6.54 Å². The second-order valence-corrected chi connectivity index (χ2v) is 7.47. The molecule has 3 heterocycles. The number of hydrogen-bond donors (Lipinski definition) is 3. The van der Waals surface area contributed by atoms with Crippen LogP contribution in [-0.4, -0.2) is 34.4 Å². The van der Waals surface area contributed by atoms with Crippen molar-refractivity contribution in [3.8, 4) is 0 Å². The number of nitrogens with two attached hydrogens (primary N) is 1. The van der Waals surface area contributed by atoms with Gasteiger partial charge in [-0.1, -0.05) is 12.1 Å². The molecule has 1 unspecified atom stereocenters. The van der Waals surface area contributed by atoms with Crippen LogP contribution in [0.5, 0.6) is 0 Å². The molecule has 1 atom stereocenters. The summed E-state index contributed by atoms with van der Waals surface area (Å²) in [6.07, 6.45) is 3.29. The SMILES string of the molecule is NCCc1c[nH]c2ccc(CN3C(=O)NC(Cc4cccs4)C3=O)cc12. The van der Waals surface area contributed by atoms with Crippen molar-refractivity contribution < 1.29 is 9.59 Å². The van der Waals surface area contributed by atoms with Crippen LogP contribution in [0.4, 0.5) is 4.79 Å². The number of carbonyl (C=O) groups excluding carboxylic acids is 2. The van der Waals surface area contributed by atoms with E-state index >= 15 is 0 Å². The first-order valence-electron chi connectivity index (χ1n) is 8.59. The Labute approximate surface area is 155 Å². The van der Waals surface area contributed by atoms with Crippen molar-refractivity contribution in [3.63, 3.8) is 0 Å². The summed E-state index contributed by atoms with van der Waals surface area (Å²) in [6, 6.07) is 9.07. The van der Waals surface area contributed by atoms with E-state index in [1.165, 1.54) is 4.90 Å². The van der Waals surface area contributed by atoms with Crippen LogP contribution in [-0.2, 0) is 24.2 Å². The first-order valence-corrected chi connectivity index (χ1v) is 9.47. The molecule has 4 N–H and O–H groups in total. The number of fused-ring (bicyclic) bond motifs is 1. The normalized spacial score (nSPS) is 17.3. The highest BCUT2D eigenvalue weighted by Gasteiger charge is 2.37. The minimum Gasteiger partial charge on any atom is -0.361 e. The minimum atomic E-state index is -0.482. The van der Waals surface area contributed by atoms with E-state index < -0.39 is 6.04 Å². The number of H-pyrrole nitrogens is 1. The molecule has 2 aromatic heterocycles. The Balaban J connectivity index is 1.52. The molecular formula is C19H20N4O2S. The van der Waals surface area contributed by atoms with Gasteiger partial charge in [0.15, 0.2) is 0 Å². The van der Waals surface area contributed by atoms with Gasteiger partial charge in [0.1, 0.15) is 6.04 Å². The molecule has 26 heavy (non-hydrogen) atoms. The first kappa shape index (κ1) is 16.8.